The van der Waals surface area contributed by atoms with Crippen molar-refractivity contribution < 1.29 is 19.1 Å². The molecule has 0 saturated carbocycles. The molecule has 1 aliphatic rings. The Labute approximate surface area is 179 Å². The molecule has 0 aliphatic carbocycles. The molecule has 0 atom stereocenters. The van der Waals surface area contributed by atoms with Gasteiger partial charge in [-0.3, -0.25) is 9.59 Å². The van der Waals surface area contributed by atoms with Crippen molar-refractivity contribution in [2.45, 2.75) is 19.4 Å². The Morgan fingerprint density at radius 3 is 2.17 bits per heavy atom. The maximum absolute atomic E-state index is 12.6. The highest BCUT2D eigenvalue weighted by atomic mass is 79.9. The first kappa shape index (κ1) is 21.2. The molecule has 1 saturated heterocycles. The van der Waals surface area contributed by atoms with Crippen LogP contribution in [0.2, 0.25) is 0 Å². The van der Waals surface area contributed by atoms with Crippen molar-refractivity contribution in [3.63, 3.8) is 0 Å². The second-order valence-corrected chi connectivity index (χ2v) is 7.93. The molecule has 2 amide bonds. The maximum Gasteiger partial charge on any atom is 0.253 e. The molecule has 2 aromatic carbocycles. The molecule has 29 heavy (non-hydrogen) atoms. The van der Waals surface area contributed by atoms with Gasteiger partial charge in [0.2, 0.25) is 5.91 Å². The molecule has 7 heteroatoms. The maximum atomic E-state index is 12.6. The minimum absolute atomic E-state index is 0.0137. The topological polar surface area (TPSA) is 67.9 Å². The van der Waals surface area contributed by atoms with Crippen molar-refractivity contribution in [3.05, 3.63) is 58.1 Å². The molecule has 0 unspecified atom stereocenters. The number of rotatable bonds is 6. The van der Waals surface area contributed by atoms with Gasteiger partial charge in [-0.05, 0) is 54.8 Å². The molecule has 1 aliphatic heterocycles. The van der Waals surface area contributed by atoms with Gasteiger partial charge < -0.3 is 19.7 Å². The molecule has 1 heterocycles. The third kappa shape index (κ3) is 5.50. The molecule has 0 spiro atoms. The molecule has 2 aromatic rings. The molecular weight excluding hydrogens is 436 g/mol. The van der Waals surface area contributed by atoms with E-state index in [1.165, 1.54) is 0 Å². The number of carbonyl (C=O) groups is 2. The summed E-state index contributed by atoms with van der Waals surface area (Å²) in [6.07, 6.45) is 1.32. The Balaban J connectivity index is 1.51. The summed E-state index contributed by atoms with van der Waals surface area (Å²) in [5.41, 5.74) is 1.58. The summed E-state index contributed by atoms with van der Waals surface area (Å²) in [6, 6.07) is 12.9. The van der Waals surface area contributed by atoms with Crippen molar-refractivity contribution in [1.82, 2.24) is 10.2 Å². The van der Waals surface area contributed by atoms with Crippen LogP contribution in [0, 0.1) is 5.92 Å². The highest BCUT2D eigenvalue weighted by molar-refractivity contribution is 9.10. The number of halogens is 1. The van der Waals surface area contributed by atoms with E-state index in [-0.39, 0.29) is 17.7 Å². The zero-order chi connectivity index (χ0) is 20.8. The van der Waals surface area contributed by atoms with Gasteiger partial charge in [0, 0.05) is 41.7 Å². The number of piperidine rings is 1. The first-order valence-corrected chi connectivity index (χ1v) is 10.3. The molecule has 0 aromatic heterocycles. The SMILES string of the molecule is COc1cc(CNC(=O)C2CCN(C(=O)c3ccc(Br)cc3)CC2)cc(OC)c1. The number of nitrogens with one attached hydrogen (secondary N) is 1. The summed E-state index contributed by atoms with van der Waals surface area (Å²) in [5.74, 6) is 1.32. The van der Waals surface area contributed by atoms with Crippen molar-refractivity contribution in [2.75, 3.05) is 27.3 Å². The summed E-state index contributed by atoms with van der Waals surface area (Å²) >= 11 is 3.38. The fourth-order valence-corrected chi connectivity index (χ4v) is 3.69. The number of hydrogen-bond donors (Lipinski definition) is 1. The lowest BCUT2D eigenvalue weighted by Gasteiger charge is -2.31. The number of likely N-dealkylation sites (tertiary alicyclic amines) is 1. The number of benzene rings is 2. The summed E-state index contributed by atoms with van der Waals surface area (Å²) in [5, 5.41) is 2.99. The molecule has 0 radical (unpaired) electrons. The number of amides is 2. The second kappa shape index (κ2) is 9.78. The van der Waals surface area contributed by atoms with E-state index < -0.39 is 0 Å². The Kier molecular flexibility index (Phi) is 7.14. The van der Waals surface area contributed by atoms with E-state index in [2.05, 4.69) is 21.2 Å². The second-order valence-electron chi connectivity index (χ2n) is 7.01. The van der Waals surface area contributed by atoms with Gasteiger partial charge in [0.25, 0.3) is 5.91 Å². The normalized spacial score (nSPS) is 14.4. The Morgan fingerprint density at radius 2 is 1.62 bits per heavy atom. The molecular formula is C22H25BrN2O4. The minimum atomic E-state index is -0.0866. The van der Waals surface area contributed by atoms with Gasteiger partial charge in [-0.15, -0.1) is 0 Å². The summed E-state index contributed by atoms with van der Waals surface area (Å²) in [4.78, 5) is 27.0. The molecule has 6 nitrogen and oxygen atoms in total. The summed E-state index contributed by atoms with van der Waals surface area (Å²) in [6.45, 7) is 1.57. The Hall–Kier alpha value is -2.54. The fourth-order valence-electron chi connectivity index (χ4n) is 3.42. The number of ether oxygens (including phenoxy) is 2. The molecule has 1 fully saturated rings. The van der Waals surface area contributed by atoms with Crippen LogP contribution in [-0.4, -0.2) is 44.0 Å². The van der Waals surface area contributed by atoms with E-state index in [9.17, 15) is 9.59 Å². The van der Waals surface area contributed by atoms with Crippen molar-refractivity contribution in [3.8, 4) is 11.5 Å². The molecule has 0 bridgehead atoms. The zero-order valence-corrected chi connectivity index (χ0v) is 18.2. The largest absolute Gasteiger partial charge is 0.497 e. The van der Waals surface area contributed by atoms with Gasteiger partial charge in [-0.2, -0.15) is 0 Å². The van der Waals surface area contributed by atoms with Gasteiger partial charge in [-0.25, -0.2) is 0 Å². The average Bonchev–Trinajstić information content (AvgIpc) is 2.77. The van der Waals surface area contributed by atoms with E-state index in [1.807, 2.05) is 41.3 Å². The smallest absolute Gasteiger partial charge is 0.253 e. The Morgan fingerprint density at radius 1 is 1.03 bits per heavy atom. The van der Waals surface area contributed by atoms with Crippen LogP contribution < -0.4 is 14.8 Å². The zero-order valence-electron chi connectivity index (χ0n) is 16.6. The van der Waals surface area contributed by atoms with Crippen LogP contribution in [0.4, 0.5) is 0 Å². The molecule has 154 valence electrons. The van der Waals surface area contributed by atoms with Crippen LogP contribution >= 0.6 is 15.9 Å². The third-order valence-corrected chi connectivity index (χ3v) is 5.65. The highest BCUT2D eigenvalue weighted by Crippen LogP contribution is 2.23. The number of carbonyl (C=O) groups excluding carboxylic acids is 2. The number of nitrogens with zero attached hydrogens (tertiary/aromatic N) is 1. The van der Waals surface area contributed by atoms with Crippen LogP contribution in [0.25, 0.3) is 0 Å². The van der Waals surface area contributed by atoms with Gasteiger partial charge in [0.15, 0.2) is 0 Å². The van der Waals surface area contributed by atoms with Crippen LogP contribution in [0.5, 0.6) is 11.5 Å². The molecule has 1 N–H and O–H groups in total. The van der Waals surface area contributed by atoms with Crippen molar-refractivity contribution >= 4 is 27.7 Å². The predicted octanol–water partition coefficient (Wildman–Crippen LogP) is 3.63. The van der Waals surface area contributed by atoms with Crippen LogP contribution in [0.15, 0.2) is 46.9 Å². The predicted molar refractivity (Wildman–Crippen MR) is 114 cm³/mol. The average molecular weight is 461 g/mol. The van der Waals surface area contributed by atoms with Gasteiger partial charge in [-0.1, -0.05) is 15.9 Å². The number of methoxy groups -OCH3 is 2. The third-order valence-electron chi connectivity index (χ3n) is 5.12. The number of hydrogen-bond acceptors (Lipinski definition) is 4. The monoisotopic (exact) mass is 460 g/mol. The van der Waals surface area contributed by atoms with Gasteiger partial charge in [0.1, 0.15) is 11.5 Å². The first-order chi connectivity index (χ1) is 14.0. The Bertz CT molecular complexity index is 839. The van der Waals surface area contributed by atoms with E-state index in [4.69, 9.17) is 9.47 Å². The summed E-state index contributed by atoms with van der Waals surface area (Å²) in [7, 11) is 3.20. The fraction of sp³-hybridized carbons (Fsp3) is 0.364. The van der Waals surface area contributed by atoms with Crippen LogP contribution in [0.3, 0.4) is 0 Å². The quantitative estimate of drug-likeness (QED) is 0.714. The minimum Gasteiger partial charge on any atom is -0.497 e. The standard InChI is InChI=1S/C22H25BrN2O4/c1-28-19-11-15(12-20(13-19)29-2)14-24-21(26)16-7-9-25(10-8-16)22(27)17-3-5-18(23)6-4-17/h3-6,11-13,16H,7-10,14H2,1-2H3,(H,24,26). The van der Waals surface area contributed by atoms with Crippen molar-refractivity contribution in [1.29, 1.82) is 0 Å². The summed E-state index contributed by atoms with van der Waals surface area (Å²) < 4.78 is 11.5. The van der Waals surface area contributed by atoms with Gasteiger partial charge >= 0.3 is 0 Å². The van der Waals surface area contributed by atoms with E-state index in [0.29, 0.717) is 49.5 Å². The first-order valence-electron chi connectivity index (χ1n) is 9.54. The van der Waals surface area contributed by atoms with Crippen LogP contribution in [0.1, 0.15) is 28.8 Å². The lowest BCUT2D eigenvalue weighted by molar-refractivity contribution is -0.126. The van der Waals surface area contributed by atoms with Crippen molar-refractivity contribution in [2.24, 2.45) is 5.92 Å². The highest BCUT2D eigenvalue weighted by Gasteiger charge is 2.27. The lowest BCUT2D eigenvalue weighted by Crippen LogP contribution is -2.42. The van der Waals surface area contributed by atoms with E-state index in [0.717, 1.165) is 10.0 Å². The van der Waals surface area contributed by atoms with E-state index in [1.54, 1.807) is 20.3 Å². The molecule has 3 rings (SSSR count). The lowest BCUT2D eigenvalue weighted by atomic mass is 9.95. The van der Waals surface area contributed by atoms with Gasteiger partial charge in [0.05, 0.1) is 14.2 Å². The van der Waals surface area contributed by atoms with E-state index >= 15 is 0 Å². The van der Waals surface area contributed by atoms with Crippen LogP contribution in [-0.2, 0) is 11.3 Å².